The van der Waals surface area contributed by atoms with Crippen LogP contribution in [0.15, 0.2) is 18.2 Å². The smallest absolute Gasteiger partial charge is 0.0588 e. The molecule has 0 aliphatic carbocycles. The zero-order chi connectivity index (χ0) is 9.42. The zero-order valence-electron chi connectivity index (χ0n) is 8.25. The molecule has 0 amide bonds. The van der Waals surface area contributed by atoms with Gasteiger partial charge in [-0.15, -0.1) is 0 Å². The molecule has 0 aromatic heterocycles. The van der Waals surface area contributed by atoms with Crippen molar-refractivity contribution in [2.24, 2.45) is 5.73 Å². The van der Waals surface area contributed by atoms with Crippen LogP contribution in [-0.4, -0.2) is 19.1 Å². The molecule has 1 saturated heterocycles. The SMILES string of the molecule is Cc1cc(C)cc(N2CC2CN)c1. The third-order valence-electron chi connectivity index (χ3n) is 2.52. The highest BCUT2D eigenvalue weighted by atomic mass is 15.3. The number of nitrogens with two attached hydrogens (primary N) is 1. The van der Waals surface area contributed by atoms with Crippen LogP contribution in [0.25, 0.3) is 0 Å². The predicted molar refractivity (Wildman–Crippen MR) is 56.1 cm³/mol. The van der Waals surface area contributed by atoms with Crippen molar-refractivity contribution in [2.45, 2.75) is 19.9 Å². The summed E-state index contributed by atoms with van der Waals surface area (Å²) in [7, 11) is 0. The molecule has 2 heteroatoms. The molecular formula is C11H16N2. The maximum absolute atomic E-state index is 5.60. The molecule has 1 fully saturated rings. The fraction of sp³-hybridized carbons (Fsp3) is 0.455. The Kier molecular flexibility index (Phi) is 2.00. The van der Waals surface area contributed by atoms with Crippen molar-refractivity contribution in [3.8, 4) is 0 Å². The van der Waals surface area contributed by atoms with Gasteiger partial charge in [-0.1, -0.05) is 6.07 Å². The Morgan fingerprint density at radius 2 is 1.92 bits per heavy atom. The van der Waals surface area contributed by atoms with Crippen molar-refractivity contribution in [2.75, 3.05) is 18.0 Å². The Balaban J connectivity index is 2.22. The van der Waals surface area contributed by atoms with Gasteiger partial charge >= 0.3 is 0 Å². The molecule has 1 aromatic rings. The van der Waals surface area contributed by atoms with Crippen molar-refractivity contribution in [1.29, 1.82) is 0 Å². The second kappa shape index (κ2) is 3.04. The fourth-order valence-electron chi connectivity index (χ4n) is 1.81. The Morgan fingerprint density at radius 3 is 2.38 bits per heavy atom. The fourth-order valence-corrected chi connectivity index (χ4v) is 1.81. The first kappa shape index (κ1) is 8.57. The van der Waals surface area contributed by atoms with Crippen LogP contribution in [0.4, 0.5) is 5.69 Å². The quantitative estimate of drug-likeness (QED) is 0.691. The van der Waals surface area contributed by atoms with Gasteiger partial charge < -0.3 is 10.6 Å². The minimum atomic E-state index is 0.584. The topological polar surface area (TPSA) is 29.0 Å². The maximum Gasteiger partial charge on any atom is 0.0588 e. The lowest BCUT2D eigenvalue weighted by atomic mass is 10.1. The van der Waals surface area contributed by atoms with Gasteiger partial charge in [0.15, 0.2) is 0 Å². The predicted octanol–water partition coefficient (Wildman–Crippen LogP) is 1.45. The number of nitrogens with zero attached hydrogens (tertiary/aromatic N) is 1. The minimum Gasteiger partial charge on any atom is -0.363 e. The van der Waals surface area contributed by atoms with Crippen LogP contribution in [0.5, 0.6) is 0 Å². The monoisotopic (exact) mass is 176 g/mol. The van der Waals surface area contributed by atoms with Crippen molar-refractivity contribution in [1.82, 2.24) is 0 Å². The molecule has 1 aliphatic heterocycles. The van der Waals surface area contributed by atoms with E-state index in [2.05, 4.69) is 36.9 Å². The highest BCUT2D eigenvalue weighted by Crippen LogP contribution is 2.28. The van der Waals surface area contributed by atoms with E-state index in [0.29, 0.717) is 6.04 Å². The number of hydrogen-bond donors (Lipinski definition) is 1. The van der Waals surface area contributed by atoms with E-state index in [9.17, 15) is 0 Å². The van der Waals surface area contributed by atoms with Gasteiger partial charge in [0, 0.05) is 18.8 Å². The summed E-state index contributed by atoms with van der Waals surface area (Å²) in [5.41, 5.74) is 9.59. The van der Waals surface area contributed by atoms with E-state index in [1.54, 1.807) is 0 Å². The molecule has 0 bridgehead atoms. The summed E-state index contributed by atoms with van der Waals surface area (Å²) in [6.07, 6.45) is 0. The van der Waals surface area contributed by atoms with E-state index in [4.69, 9.17) is 5.73 Å². The van der Waals surface area contributed by atoms with Crippen LogP contribution in [0.1, 0.15) is 11.1 Å². The Labute approximate surface area is 79.4 Å². The molecule has 1 aliphatic rings. The Bertz CT molecular complexity index is 300. The van der Waals surface area contributed by atoms with Gasteiger partial charge in [-0.2, -0.15) is 0 Å². The molecule has 70 valence electrons. The number of hydrogen-bond acceptors (Lipinski definition) is 2. The zero-order valence-corrected chi connectivity index (χ0v) is 8.25. The summed E-state index contributed by atoms with van der Waals surface area (Å²) in [5, 5.41) is 0. The van der Waals surface area contributed by atoms with Crippen LogP contribution in [-0.2, 0) is 0 Å². The van der Waals surface area contributed by atoms with Crippen LogP contribution >= 0.6 is 0 Å². The third-order valence-corrected chi connectivity index (χ3v) is 2.52. The van der Waals surface area contributed by atoms with Gasteiger partial charge in [0.05, 0.1) is 6.04 Å². The van der Waals surface area contributed by atoms with Gasteiger partial charge in [-0.3, -0.25) is 0 Å². The molecule has 1 aromatic carbocycles. The third kappa shape index (κ3) is 1.68. The lowest BCUT2D eigenvalue weighted by Crippen LogP contribution is -2.11. The average Bonchev–Trinajstić information content (AvgIpc) is 2.80. The first-order chi connectivity index (χ1) is 6.20. The largest absolute Gasteiger partial charge is 0.363 e. The lowest BCUT2D eigenvalue weighted by Gasteiger charge is -2.07. The van der Waals surface area contributed by atoms with Crippen molar-refractivity contribution < 1.29 is 0 Å². The van der Waals surface area contributed by atoms with E-state index in [-0.39, 0.29) is 0 Å². The molecule has 1 atom stereocenters. The molecule has 1 heterocycles. The first-order valence-electron chi connectivity index (χ1n) is 4.75. The van der Waals surface area contributed by atoms with E-state index >= 15 is 0 Å². The molecule has 13 heavy (non-hydrogen) atoms. The highest BCUT2D eigenvalue weighted by molar-refractivity contribution is 5.57. The van der Waals surface area contributed by atoms with Crippen LogP contribution in [0.3, 0.4) is 0 Å². The van der Waals surface area contributed by atoms with Crippen molar-refractivity contribution >= 4 is 5.69 Å². The maximum atomic E-state index is 5.60. The first-order valence-corrected chi connectivity index (χ1v) is 4.75. The lowest BCUT2D eigenvalue weighted by molar-refractivity contribution is 0.966. The van der Waals surface area contributed by atoms with Crippen molar-refractivity contribution in [3.63, 3.8) is 0 Å². The van der Waals surface area contributed by atoms with E-state index in [0.717, 1.165) is 13.1 Å². The van der Waals surface area contributed by atoms with Gasteiger partial charge in [0.2, 0.25) is 0 Å². The number of benzene rings is 1. The highest BCUT2D eigenvalue weighted by Gasteiger charge is 2.32. The second-order valence-corrected chi connectivity index (χ2v) is 3.89. The van der Waals surface area contributed by atoms with Crippen LogP contribution in [0, 0.1) is 13.8 Å². The van der Waals surface area contributed by atoms with E-state index in [1.807, 2.05) is 0 Å². The van der Waals surface area contributed by atoms with Gasteiger partial charge in [-0.25, -0.2) is 0 Å². The standard InChI is InChI=1S/C11H16N2/c1-8-3-9(2)5-10(4-8)13-7-11(13)6-12/h3-5,11H,6-7,12H2,1-2H3. The molecule has 0 saturated carbocycles. The summed E-state index contributed by atoms with van der Waals surface area (Å²) in [6.45, 7) is 6.17. The Hall–Kier alpha value is -1.02. The molecule has 2 rings (SSSR count). The van der Waals surface area contributed by atoms with Crippen LogP contribution in [0.2, 0.25) is 0 Å². The average molecular weight is 176 g/mol. The number of aryl methyl sites for hydroxylation is 2. The van der Waals surface area contributed by atoms with Gasteiger partial charge in [0.1, 0.15) is 0 Å². The summed E-state index contributed by atoms with van der Waals surface area (Å²) in [6, 6.07) is 7.23. The van der Waals surface area contributed by atoms with Crippen molar-refractivity contribution in [3.05, 3.63) is 29.3 Å². The molecule has 2 nitrogen and oxygen atoms in total. The van der Waals surface area contributed by atoms with E-state index < -0.39 is 0 Å². The molecule has 2 N–H and O–H groups in total. The number of anilines is 1. The normalized spacial score (nSPS) is 20.5. The summed E-state index contributed by atoms with van der Waals surface area (Å²) >= 11 is 0. The van der Waals surface area contributed by atoms with Crippen LogP contribution < -0.4 is 10.6 Å². The molecular weight excluding hydrogens is 160 g/mol. The van der Waals surface area contributed by atoms with Gasteiger partial charge in [0.25, 0.3) is 0 Å². The number of rotatable bonds is 2. The molecule has 0 spiro atoms. The summed E-state index contributed by atoms with van der Waals surface area (Å²) in [4.78, 5) is 2.35. The second-order valence-electron chi connectivity index (χ2n) is 3.89. The Morgan fingerprint density at radius 1 is 1.31 bits per heavy atom. The molecule has 0 radical (unpaired) electrons. The van der Waals surface area contributed by atoms with Gasteiger partial charge in [-0.05, 0) is 37.1 Å². The van der Waals surface area contributed by atoms with E-state index in [1.165, 1.54) is 16.8 Å². The molecule has 1 unspecified atom stereocenters. The minimum absolute atomic E-state index is 0.584. The summed E-state index contributed by atoms with van der Waals surface area (Å²) in [5.74, 6) is 0. The summed E-state index contributed by atoms with van der Waals surface area (Å²) < 4.78 is 0.